The van der Waals surface area contributed by atoms with Crippen molar-refractivity contribution in [1.82, 2.24) is 0 Å². The molecule has 0 aromatic heterocycles. The Hall–Kier alpha value is -3.10. The van der Waals surface area contributed by atoms with E-state index >= 15 is 0 Å². The minimum absolute atomic E-state index is 0.0142. The molecule has 4 heterocycles. The van der Waals surface area contributed by atoms with Crippen LogP contribution in [0.4, 0.5) is 11.4 Å². The number of aliphatic hydroxyl groups excluding tert-OH is 1. The van der Waals surface area contributed by atoms with Gasteiger partial charge in [-0.1, -0.05) is 22.0 Å². The highest BCUT2D eigenvalue weighted by Crippen LogP contribution is 2.63. The highest BCUT2D eigenvalue weighted by Gasteiger charge is 2.51. The summed E-state index contributed by atoms with van der Waals surface area (Å²) in [5.41, 5.74) is 6.85. The molecule has 0 saturated carbocycles. The molecule has 0 aliphatic carbocycles. The zero-order chi connectivity index (χ0) is 23.8. The molecule has 0 bridgehead atoms. The SMILES string of the molecule is COc1cc(OC)c2c(c1)N1C[C@H](CO)c3cc4c(cc3[C@H]1[C@H]1c3ccc(Br)cc3N[C@@H]21)OCO4. The fourth-order valence-corrected chi connectivity index (χ4v) is 6.76. The Morgan fingerprint density at radius 1 is 1.03 bits per heavy atom. The summed E-state index contributed by atoms with van der Waals surface area (Å²) in [5.74, 6) is 3.12. The number of benzene rings is 3. The van der Waals surface area contributed by atoms with Crippen LogP contribution in [0.25, 0.3) is 0 Å². The van der Waals surface area contributed by atoms with E-state index in [9.17, 15) is 5.11 Å². The van der Waals surface area contributed by atoms with Crippen molar-refractivity contribution < 1.29 is 24.1 Å². The molecule has 0 amide bonds. The third-order valence-electron chi connectivity index (χ3n) is 7.86. The largest absolute Gasteiger partial charge is 0.497 e. The first kappa shape index (κ1) is 21.2. The van der Waals surface area contributed by atoms with Crippen LogP contribution in [-0.2, 0) is 0 Å². The number of nitrogens with zero attached hydrogens (tertiary/aromatic N) is 1. The Morgan fingerprint density at radius 2 is 1.83 bits per heavy atom. The molecular formula is C27H25BrN2O5. The lowest BCUT2D eigenvalue weighted by Crippen LogP contribution is -2.46. The summed E-state index contributed by atoms with van der Waals surface area (Å²) in [5, 5.41) is 14.2. The van der Waals surface area contributed by atoms with Crippen LogP contribution in [-0.4, -0.2) is 39.3 Å². The van der Waals surface area contributed by atoms with Crippen LogP contribution >= 0.6 is 15.9 Å². The van der Waals surface area contributed by atoms with Gasteiger partial charge in [-0.2, -0.15) is 0 Å². The highest BCUT2D eigenvalue weighted by molar-refractivity contribution is 9.10. The molecule has 180 valence electrons. The Kier molecular flexibility index (Phi) is 4.66. The van der Waals surface area contributed by atoms with E-state index in [1.807, 2.05) is 6.07 Å². The predicted molar refractivity (Wildman–Crippen MR) is 135 cm³/mol. The number of ether oxygens (including phenoxy) is 4. The van der Waals surface area contributed by atoms with E-state index in [4.69, 9.17) is 18.9 Å². The third kappa shape index (κ3) is 2.93. The molecular weight excluding hydrogens is 512 g/mol. The minimum atomic E-state index is -0.0592. The van der Waals surface area contributed by atoms with E-state index in [0.29, 0.717) is 6.54 Å². The van der Waals surface area contributed by atoms with Crippen LogP contribution in [0.3, 0.4) is 0 Å². The maximum absolute atomic E-state index is 10.4. The molecule has 3 aromatic carbocycles. The number of hydrogen-bond donors (Lipinski definition) is 2. The van der Waals surface area contributed by atoms with Crippen molar-refractivity contribution in [2.45, 2.75) is 23.9 Å². The van der Waals surface area contributed by atoms with Gasteiger partial charge in [0.15, 0.2) is 11.5 Å². The predicted octanol–water partition coefficient (Wildman–Crippen LogP) is 5.10. The molecule has 7 nitrogen and oxygen atoms in total. The van der Waals surface area contributed by atoms with Crippen molar-refractivity contribution in [3.63, 3.8) is 0 Å². The Balaban J connectivity index is 1.52. The molecule has 0 fully saturated rings. The Bertz CT molecular complexity index is 1360. The summed E-state index contributed by atoms with van der Waals surface area (Å²) < 4.78 is 24.1. The van der Waals surface area contributed by atoms with Gasteiger partial charge in [-0.15, -0.1) is 0 Å². The minimum Gasteiger partial charge on any atom is -0.497 e. The van der Waals surface area contributed by atoms with Crippen LogP contribution in [0.1, 0.15) is 46.2 Å². The molecule has 0 radical (unpaired) electrons. The number of aliphatic hydroxyl groups is 1. The quantitative estimate of drug-likeness (QED) is 0.482. The first-order valence-corrected chi connectivity index (χ1v) is 12.5. The molecule has 35 heavy (non-hydrogen) atoms. The van der Waals surface area contributed by atoms with Gasteiger partial charge in [-0.05, 0) is 41.0 Å². The Labute approximate surface area is 211 Å². The van der Waals surface area contributed by atoms with E-state index in [-0.39, 0.29) is 37.3 Å². The number of hydrogen-bond acceptors (Lipinski definition) is 7. The lowest BCUT2D eigenvalue weighted by atomic mass is 9.71. The number of anilines is 2. The van der Waals surface area contributed by atoms with E-state index < -0.39 is 0 Å². The molecule has 7 rings (SSSR count). The topological polar surface area (TPSA) is 72.4 Å². The standard InChI is InChI=1S/C27H25BrN2O5/c1-32-15-6-20-25(23(7-15)33-2)26-24(16-4-3-14(28)5-19(16)29-26)27-18-9-22-21(34-12-35-22)8-17(18)13(11-31)10-30(20)27/h3-9,13,24,26-27,29,31H,10-12H2,1-2H3/t13-,24+,26-,27+/m1/s1. The summed E-state index contributed by atoms with van der Waals surface area (Å²) in [6.45, 7) is 0.937. The van der Waals surface area contributed by atoms with Crippen LogP contribution in [0.15, 0.2) is 46.9 Å². The molecule has 3 aromatic rings. The van der Waals surface area contributed by atoms with E-state index in [2.05, 4.69) is 62.5 Å². The summed E-state index contributed by atoms with van der Waals surface area (Å²) in [6, 6.07) is 14.7. The maximum atomic E-state index is 10.4. The fourth-order valence-electron chi connectivity index (χ4n) is 6.40. The number of methoxy groups -OCH3 is 2. The molecule has 0 saturated heterocycles. The second kappa shape index (κ2) is 7.70. The van der Waals surface area contributed by atoms with Gasteiger partial charge >= 0.3 is 0 Å². The molecule has 4 aliphatic heterocycles. The van der Waals surface area contributed by atoms with Gasteiger partial charge in [0.25, 0.3) is 0 Å². The molecule has 0 spiro atoms. The summed E-state index contributed by atoms with van der Waals surface area (Å²) in [6.07, 6.45) is 0. The zero-order valence-corrected chi connectivity index (χ0v) is 21.0. The highest BCUT2D eigenvalue weighted by atomic mass is 79.9. The first-order chi connectivity index (χ1) is 17.1. The summed E-state index contributed by atoms with van der Waals surface area (Å²) in [7, 11) is 3.38. The van der Waals surface area contributed by atoms with Crippen molar-refractivity contribution in [3.8, 4) is 23.0 Å². The zero-order valence-electron chi connectivity index (χ0n) is 19.4. The van der Waals surface area contributed by atoms with Gasteiger partial charge in [0.05, 0.1) is 32.9 Å². The lowest BCUT2D eigenvalue weighted by molar-refractivity contribution is 0.174. The van der Waals surface area contributed by atoms with Crippen LogP contribution < -0.4 is 29.2 Å². The normalized spacial score (nSPS) is 24.5. The second-order valence-corrected chi connectivity index (χ2v) is 10.4. The van der Waals surface area contributed by atoms with E-state index in [1.54, 1.807) is 14.2 Å². The van der Waals surface area contributed by atoms with Gasteiger partial charge in [-0.3, -0.25) is 0 Å². The van der Waals surface area contributed by atoms with Gasteiger partial charge in [-0.25, -0.2) is 0 Å². The van der Waals surface area contributed by atoms with Crippen molar-refractivity contribution >= 4 is 27.3 Å². The van der Waals surface area contributed by atoms with Gasteiger partial charge < -0.3 is 34.3 Å². The van der Waals surface area contributed by atoms with Crippen molar-refractivity contribution in [3.05, 3.63) is 69.2 Å². The van der Waals surface area contributed by atoms with Crippen molar-refractivity contribution in [1.29, 1.82) is 0 Å². The number of rotatable bonds is 3. The van der Waals surface area contributed by atoms with Gasteiger partial charge in [0.2, 0.25) is 6.79 Å². The third-order valence-corrected chi connectivity index (χ3v) is 8.36. The molecule has 4 aliphatic rings. The van der Waals surface area contributed by atoms with E-state index in [0.717, 1.165) is 50.0 Å². The molecule has 8 heteroatoms. The number of halogens is 1. The van der Waals surface area contributed by atoms with Crippen LogP contribution in [0.5, 0.6) is 23.0 Å². The van der Waals surface area contributed by atoms with E-state index in [1.165, 1.54) is 11.1 Å². The van der Waals surface area contributed by atoms with Crippen LogP contribution in [0.2, 0.25) is 0 Å². The fraction of sp³-hybridized carbons (Fsp3) is 0.333. The summed E-state index contributed by atoms with van der Waals surface area (Å²) >= 11 is 3.64. The van der Waals surface area contributed by atoms with Crippen LogP contribution in [0, 0.1) is 0 Å². The number of fused-ring (bicyclic) bond motifs is 11. The first-order valence-electron chi connectivity index (χ1n) is 11.7. The monoisotopic (exact) mass is 536 g/mol. The average Bonchev–Trinajstić information content (AvgIpc) is 3.49. The maximum Gasteiger partial charge on any atom is 0.231 e. The molecule has 2 N–H and O–H groups in total. The van der Waals surface area contributed by atoms with Crippen molar-refractivity contribution in [2.24, 2.45) is 0 Å². The molecule has 4 atom stereocenters. The van der Waals surface area contributed by atoms with Crippen molar-refractivity contribution in [2.75, 3.05) is 44.4 Å². The second-order valence-electron chi connectivity index (χ2n) is 9.45. The average molecular weight is 537 g/mol. The Morgan fingerprint density at radius 3 is 2.57 bits per heavy atom. The number of nitrogens with one attached hydrogen (secondary N) is 1. The van der Waals surface area contributed by atoms with Gasteiger partial charge in [0.1, 0.15) is 11.5 Å². The lowest BCUT2D eigenvalue weighted by Gasteiger charge is -2.50. The molecule has 0 unspecified atom stereocenters. The summed E-state index contributed by atoms with van der Waals surface area (Å²) in [4.78, 5) is 2.42. The smallest absolute Gasteiger partial charge is 0.231 e. The van der Waals surface area contributed by atoms with Gasteiger partial charge in [0, 0.05) is 51.9 Å².